The molecular formula is C13H24N4O. The molecule has 1 unspecified atom stereocenters. The number of amides is 1. The van der Waals surface area contributed by atoms with Crippen LogP contribution in [0.1, 0.15) is 51.8 Å². The highest BCUT2D eigenvalue weighted by atomic mass is 16.1. The maximum Gasteiger partial charge on any atom is 0.218 e. The fourth-order valence-corrected chi connectivity index (χ4v) is 1.99. The van der Waals surface area contributed by atoms with Crippen molar-refractivity contribution < 1.29 is 4.79 Å². The summed E-state index contributed by atoms with van der Waals surface area (Å²) in [4.78, 5) is 10.8. The van der Waals surface area contributed by atoms with Crippen LogP contribution in [0, 0.1) is 0 Å². The van der Waals surface area contributed by atoms with Crippen LogP contribution in [0.4, 0.5) is 0 Å². The van der Waals surface area contributed by atoms with Gasteiger partial charge < -0.3 is 11.1 Å². The lowest BCUT2D eigenvalue weighted by molar-refractivity contribution is -0.118. The molecule has 1 amide bonds. The highest BCUT2D eigenvalue weighted by molar-refractivity contribution is 5.74. The van der Waals surface area contributed by atoms with Crippen LogP contribution in [0.15, 0.2) is 12.3 Å². The summed E-state index contributed by atoms with van der Waals surface area (Å²) < 4.78 is 2.02. The lowest BCUT2D eigenvalue weighted by atomic mass is 10.2. The number of aromatic nitrogens is 2. The lowest BCUT2D eigenvalue weighted by Gasteiger charge is -2.13. The molecule has 1 aromatic rings. The molecule has 0 aliphatic carbocycles. The zero-order valence-electron chi connectivity index (χ0n) is 11.5. The summed E-state index contributed by atoms with van der Waals surface area (Å²) in [5.41, 5.74) is 6.14. The number of carbonyl (C=O) groups is 1. The molecule has 1 heterocycles. The third-order valence-electron chi connectivity index (χ3n) is 3.12. The first kappa shape index (κ1) is 14.7. The molecule has 0 radical (unpaired) electrons. The number of hydrogen-bond acceptors (Lipinski definition) is 3. The van der Waals surface area contributed by atoms with E-state index in [2.05, 4.69) is 24.3 Å². The van der Waals surface area contributed by atoms with Crippen molar-refractivity contribution in [3.05, 3.63) is 18.0 Å². The Morgan fingerprint density at radius 2 is 2.17 bits per heavy atom. The first-order chi connectivity index (χ1) is 8.56. The van der Waals surface area contributed by atoms with Gasteiger partial charge in [0.05, 0.1) is 11.7 Å². The van der Waals surface area contributed by atoms with E-state index in [1.54, 1.807) is 0 Å². The molecule has 0 bridgehead atoms. The van der Waals surface area contributed by atoms with Crippen LogP contribution in [-0.2, 0) is 11.3 Å². The molecule has 0 aliphatic rings. The average molecular weight is 252 g/mol. The number of nitrogens with two attached hydrogens (primary N) is 1. The zero-order chi connectivity index (χ0) is 13.5. The Hall–Kier alpha value is -1.36. The van der Waals surface area contributed by atoms with Gasteiger partial charge in [0.1, 0.15) is 0 Å². The topological polar surface area (TPSA) is 72.9 Å². The first-order valence-corrected chi connectivity index (χ1v) is 6.62. The maximum absolute atomic E-state index is 10.8. The smallest absolute Gasteiger partial charge is 0.218 e. The Balaban J connectivity index is 2.46. The van der Waals surface area contributed by atoms with E-state index >= 15 is 0 Å². The number of nitrogens with one attached hydrogen (secondary N) is 1. The minimum absolute atomic E-state index is 0.0841. The molecule has 0 aliphatic heterocycles. The largest absolute Gasteiger partial charge is 0.370 e. The third kappa shape index (κ3) is 4.49. The van der Waals surface area contributed by atoms with Crippen LogP contribution >= 0.6 is 0 Å². The van der Waals surface area contributed by atoms with Crippen molar-refractivity contribution >= 4 is 5.91 Å². The number of carbonyl (C=O) groups excluding carboxylic acids is 1. The van der Waals surface area contributed by atoms with Crippen molar-refractivity contribution in [1.29, 1.82) is 0 Å². The molecule has 5 nitrogen and oxygen atoms in total. The Kier molecular flexibility index (Phi) is 5.85. The average Bonchev–Trinajstić information content (AvgIpc) is 2.76. The highest BCUT2D eigenvalue weighted by Gasteiger charge is 2.09. The third-order valence-corrected chi connectivity index (χ3v) is 3.12. The van der Waals surface area contributed by atoms with Crippen molar-refractivity contribution in [2.24, 2.45) is 5.73 Å². The SMILES string of the molecule is CCC(CC)n1ccc(CNC(C)CC(N)=O)n1. The van der Waals surface area contributed by atoms with Gasteiger partial charge in [-0.15, -0.1) is 0 Å². The van der Waals surface area contributed by atoms with E-state index in [1.807, 2.05) is 23.9 Å². The maximum atomic E-state index is 10.8. The zero-order valence-corrected chi connectivity index (χ0v) is 11.5. The van der Waals surface area contributed by atoms with Crippen molar-refractivity contribution in [2.75, 3.05) is 0 Å². The molecule has 1 rings (SSSR count). The Bertz CT molecular complexity index is 371. The predicted octanol–water partition coefficient (Wildman–Crippen LogP) is 1.60. The fraction of sp³-hybridized carbons (Fsp3) is 0.692. The molecule has 0 aromatic carbocycles. The second kappa shape index (κ2) is 7.16. The van der Waals surface area contributed by atoms with Gasteiger partial charge in [-0.1, -0.05) is 13.8 Å². The predicted molar refractivity (Wildman–Crippen MR) is 72.0 cm³/mol. The fourth-order valence-electron chi connectivity index (χ4n) is 1.99. The van der Waals surface area contributed by atoms with Gasteiger partial charge in [0.2, 0.25) is 5.91 Å². The van der Waals surface area contributed by atoms with Crippen LogP contribution < -0.4 is 11.1 Å². The summed E-state index contributed by atoms with van der Waals surface area (Å²) in [5.74, 6) is -0.280. The van der Waals surface area contributed by atoms with E-state index in [-0.39, 0.29) is 11.9 Å². The van der Waals surface area contributed by atoms with E-state index < -0.39 is 0 Å². The number of hydrogen-bond donors (Lipinski definition) is 2. The van der Waals surface area contributed by atoms with Crippen molar-refractivity contribution in [1.82, 2.24) is 15.1 Å². The van der Waals surface area contributed by atoms with E-state index in [0.29, 0.717) is 19.0 Å². The minimum atomic E-state index is -0.280. The van der Waals surface area contributed by atoms with E-state index in [0.717, 1.165) is 18.5 Å². The molecule has 0 saturated carbocycles. The van der Waals surface area contributed by atoms with Gasteiger partial charge >= 0.3 is 0 Å². The van der Waals surface area contributed by atoms with E-state index in [4.69, 9.17) is 5.73 Å². The Labute approximate surface area is 109 Å². The number of rotatable bonds is 8. The first-order valence-electron chi connectivity index (χ1n) is 6.62. The monoisotopic (exact) mass is 252 g/mol. The summed E-state index contributed by atoms with van der Waals surface area (Å²) in [6, 6.07) is 2.57. The van der Waals surface area contributed by atoms with Crippen LogP contribution in [0.25, 0.3) is 0 Å². The van der Waals surface area contributed by atoms with Crippen LogP contribution in [0.2, 0.25) is 0 Å². The molecule has 0 saturated heterocycles. The van der Waals surface area contributed by atoms with E-state index in [1.165, 1.54) is 0 Å². The standard InChI is InChI=1S/C13H24N4O/c1-4-12(5-2)17-7-6-11(16-17)9-15-10(3)8-13(14)18/h6-7,10,12,15H,4-5,8-9H2,1-3H3,(H2,14,18). The van der Waals surface area contributed by atoms with Crippen molar-refractivity contribution in [3.8, 4) is 0 Å². The Morgan fingerprint density at radius 1 is 1.50 bits per heavy atom. The second-order valence-corrected chi connectivity index (χ2v) is 4.71. The van der Waals surface area contributed by atoms with E-state index in [9.17, 15) is 4.79 Å². The quantitative estimate of drug-likeness (QED) is 0.738. The minimum Gasteiger partial charge on any atom is -0.370 e. The molecule has 1 aromatic heterocycles. The van der Waals surface area contributed by atoms with Gasteiger partial charge in [-0.05, 0) is 25.8 Å². The molecule has 18 heavy (non-hydrogen) atoms. The van der Waals surface area contributed by atoms with Crippen molar-refractivity contribution in [2.45, 2.75) is 58.7 Å². The molecule has 0 spiro atoms. The summed E-state index contributed by atoms with van der Waals surface area (Å²) in [6.07, 6.45) is 4.55. The van der Waals surface area contributed by atoms with Gasteiger partial charge in [-0.2, -0.15) is 5.10 Å². The van der Waals surface area contributed by atoms with Gasteiger partial charge in [0.25, 0.3) is 0 Å². The number of primary amides is 1. The Morgan fingerprint density at radius 3 is 2.72 bits per heavy atom. The van der Waals surface area contributed by atoms with Crippen LogP contribution in [0.5, 0.6) is 0 Å². The van der Waals surface area contributed by atoms with Gasteiger partial charge in [-0.25, -0.2) is 0 Å². The number of nitrogens with zero attached hydrogens (tertiary/aromatic N) is 2. The normalized spacial score (nSPS) is 12.9. The van der Waals surface area contributed by atoms with Gasteiger partial charge in [0.15, 0.2) is 0 Å². The van der Waals surface area contributed by atoms with Gasteiger partial charge in [-0.3, -0.25) is 9.48 Å². The molecule has 0 fully saturated rings. The van der Waals surface area contributed by atoms with Crippen molar-refractivity contribution in [3.63, 3.8) is 0 Å². The summed E-state index contributed by atoms with van der Waals surface area (Å²) >= 11 is 0. The van der Waals surface area contributed by atoms with Crippen LogP contribution in [-0.4, -0.2) is 21.7 Å². The molecular weight excluding hydrogens is 228 g/mol. The second-order valence-electron chi connectivity index (χ2n) is 4.71. The highest BCUT2D eigenvalue weighted by Crippen LogP contribution is 2.14. The summed E-state index contributed by atoms with van der Waals surface area (Å²) in [7, 11) is 0. The summed E-state index contributed by atoms with van der Waals surface area (Å²) in [6.45, 7) is 6.95. The van der Waals surface area contributed by atoms with Gasteiger partial charge in [0, 0.05) is 25.2 Å². The molecule has 3 N–H and O–H groups in total. The molecule has 5 heteroatoms. The van der Waals surface area contributed by atoms with Crippen LogP contribution in [0.3, 0.4) is 0 Å². The molecule has 102 valence electrons. The summed E-state index contributed by atoms with van der Waals surface area (Å²) in [5, 5.41) is 7.78. The lowest BCUT2D eigenvalue weighted by Crippen LogP contribution is -2.30. The molecule has 1 atom stereocenters.